The van der Waals surface area contributed by atoms with Crippen molar-refractivity contribution in [2.24, 2.45) is 4.99 Å². The Balaban J connectivity index is 1.66. The smallest absolute Gasteiger partial charge is 0.242 e. The van der Waals surface area contributed by atoms with E-state index >= 15 is 0 Å². The number of aryl methyl sites for hydroxylation is 1. The Labute approximate surface area is 157 Å². The van der Waals surface area contributed by atoms with E-state index in [0.717, 1.165) is 17.8 Å². The van der Waals surface area contributed by atoms with E-state index in [9.17, 15) is 9.59 Å². The number of benzene rings is 2. The molecule has 0 saturated carbocycles. The number of anilines is 1. The molecule has 2 amide bonds. The summed E-state index contributed by atoms with van der Waals surface area (Å²) in [5.41, 5.74) is 2.78. The van der Waals surface area contributed by atoms with Crippen molar-refractivity contribution in [2.45, 2.75) is 25.0 Å². The van der Waals surface area contributed by atoms with Crippen LogP contribution in [0.1, 0.15) is 18.9 Å². The fraction of sp³-hybridized carbons (Fsp3) is 0.250. The number of thioether (sulfide) groups is 1. The molecule has 3 rings (SSSR count). The average molecular weight is 367 g/mol. The molecule has 6 heteroatoms. The molecule has 134 valence electrons. The predicted molar refractivity (Wildman–Crippen MR) is 107 cm³/mol. The molecule has 0 bridgehead atoms. The average Bonchev–Trinajstić information content (AvgIpc) is 2.91. The number of nitrogens with zero attached hydrogens (tertiary/aromatic N) is 2. The summed E-state index contributed by atoms with van der Waals surface area (Å²) in [6.45, 7) is 2.10. The number of carbonyl (C=O) groups is 2. The Hall–Kier alpha value is -2.60. The third-order valence-electron chi connectivity index (χ3n) is 4.14. The number of para-hydroxylation sites is 1. The van der Waals surface area contributed by atoms with Crippen LogP contribution in [0.2, 0.25) is 0 Å². The van der Waals surface area contributed by atoms with E-state index in [4.69, 9.17) is 0 Å². The van der Waals surface area contributed by atoms with E-state index in [0.29, 0.717) is 5.17 Å². The third-order valence-corrected chi connectivity index (χ3v) is 5.37. The van der Waals surface area contributed by atoms with Crippen molar-refractivity contribution in [3.8, 4) is 0 Å². The lowest BCUT2D eigenvalue weighted by Crippen LogP contribution is -2.30. The molecule has 1 heterocycles. The lowest BCUT2D eigenvalue weighted by atomic mass is 10.2. The van der Waals surface area contributed by atoms with Gasteiger partial charge in [0.25, 0.3) is 0 Å². The molecule has 0 aromatic heterocycles. The van der Waals surface area contributed by atoms with Crippen LogP contribution in [0, 0.1) is 0 Å². The van der Waals surface area contributed by atoms with Gasteiger partial charge in [-0.05, 0) is 36.2 Å². The maximum atomic E-state index is 12.4. The number of amides is 2. The molecule has 26 heavy (non-hydrogen) atoms. The first-order valence-corrected chi connectivity index (χ1v) is 9.41. The van der Waals surface area contributed by atoms with Crippen molar-refractivity contribution in [1.29, 1.82) is 0 Å². The highest BCUT2D eigenvalue weighted by molar-refractivity contribution is 8.15. The number of amidine groups is 1. The summed E-state index contributed by atoms with van der Waals surface area (Å²) >= 11 is 1.34. The summed E-state index contributed by atoms with van der Waals surface area (Å²) < 4.78 is 0. The standard InChI is InChI=1S/C20H21N3O2S/c1-3-14-9-11-16(12-10-14)22-20-23(2)19(25)17(26-20)13-18(24)21-15-7-5-4-6-8-15/h4-12,17H,3,13H2,1-2H3,(H,21,24). The Kier molecular flexibility index (Phi) is 5.73. The fourth-order valence-corrected chi connectivity index (χ4v) is 3.77. The minimum atomic E-state index is -0.447. The maximum absolute atomic E-state index is 12.4. The fourth-order valence-electron chi connectivity index (χ4n) is 2.62. The van der Waals surface area contributed by atoms with Gasteiger partial charge in [0.05, 0.1) is 5.69 Å². The molecule has 1 fully saturated rings. The Morgan fingerprint density at radius 3 is 2.50 bits per heavy atom. The summed E-state index contributed by atoms with van der Waals surface area (Å²) in [6, 6.07) is 17.2. The topological polar surface area (TPSA) is 61.8 Å². The number of hydrogen-bond acceptors (Lipinski definition) is 4. The Bertz CT molecular complexity index is 819. The molecular formula is C20H21N3O2S. The second-order valence-corrected chi connectivity index (χ2v) is 7.21. The van der Waals surface area contributed by atoms with E-state index in [1.807, 2.05) is 54.6 Å². The number of aliphatic imine (C=N–C) groups is 1. The van der Waals surface area contributed by atoms with Gasteiger partial charge in [-0.15, -0.1) is 0 Å². The molecule has 1 saturated heterocycles. The van der Waals surface area contributed by atoms with E-state index in [-0.39, 0.29) is 18.2 Å². The zero-order valence-electron chi connectivity index (χ0n) is 14.8. The second kappa shape index (κ2) is 8.19. The Morgan fingerprint density at radius 1 is 1.15 bits per heavy atom. The van der Waals surface area contributed by atoms with Crippen molar-refractivity contribution >= 4 is 40.1 Å². The first-order chi connectivity index (χ1) is 12.6. The molecule has 2 aromatic carbocycles. The van der Waals surface area contributed by atoms with Crippen LogP contribution in [0.5, 0.6) is 0 Å². The van der Waals surface area contributed by atoms with Gasteiger partial charge in [-0.2, -0.15) is 0 Å². The normalized spacial score (nSPS) is 18.4. The van der Waals surface area contributed by atoms with Crippen molar-refractivity contribution in [3.63, 3.8) is 0 Å². The SMILES string of the molecule is CCc1ccc(N=C2SC(CC(=O)Nc3ccccc3)C(=O)N2C)cc1. The molecule has 1 unspecified atom stereocenters. The largest absolute Gasteiger partial charge is 0.326 e. The Morgan fingerprint density at radius 2 is 1.85 bits per heavy atom. The number of carbonyl (C=O) groups excluding carboxylic acids is 2. The van der Waals surface area contributed by atoms with Crippen LogP contribution in [0.3, 0.4) is 0 Å². The molecule has 5 nitrogen and oxygen atoms in total. The summed E-state index contributed by atoms with van der Waals surface area (Å²) in [5.74, 6) is -0.272. The second-order valence-electron chi connectivity index (χ2n) is 6.04. The maximum Gasteiger partial charge on any atom is 0.242 e. The highest BCUT2D eigenvalue weighted by atomic mass is 32.2. The molecule has 0 spiro atoms. The van der Waals surface area contributed by atoms with Crippen LogP contribution in [0.15, 0.2) is 59.6 Å². The van der Waals surface area contributed by atoms with E-state index in [2.05, 4.69) is 17.2 Å². The molecule has 1 aliphatic heterocycles. The van der Waals surface area contributed by atoms with Gasteiger partial charge in [0.2, 0.25) is 11.8 Å². The van der Waals surface area contributed by atoms with Crippen LogP contribution >= 0.6 is 11.8 Å². The van der Waals surface area contributed by atoms with Gasteiger partial charge in [0, 0.05) is 19.2 Å². The minimum Gasteiger partial charge on any atom is -0.326 e. The highest BCUT2D eigenvalue weighted by Crippen LogP contribution is 2.30. The minimum absolute atomic E-state index is 0.0952. The molecule has 1 N–H and O–H groups in total. The van der Waals surface area contributed by atoms with E-state index < -0.39 is 5.25 Å². The van der Waals surface area contributed by atoms with Crippen molar-refractivity contribution in [3.05, 3.63) is 60.2 Å². The summed E-state index contributed by atoms with van der Waals surface area (Å²) in [7, 11) is 1.70. The van der Waals surface area contributed by atoms with Gasteiger partial charge in [0.15, 0.2) is 5.17 Å². The lowest BCUT2D eigenvalue weighted by molar-refractivity contribution is -0.127. The first kappa shape index (κ1) is 18.2. The van der Waals surface area contributed by atoms with Crippen LogP contribution < -0.4 is 5.32 Å². The zero-order valence-corrected chi connectivity index (χ0v) is 15.6. The van der Waals surface area contributed by atoms with Gasteiger partial charge in [-0.25, -0.2) is 4.99 Å². The monoisotopic (exact) mass is 367 g/mol. The number of nitrogens with one attached hydrogen (secondary N) is 1. The molecule has 0 aliphatic carbocycles. The third kappa shape index (κ3) is 4.32. The van der Waals surface area contributed by atoms with Crippen LogP contribution in [0.25, 0.3) is 0 Å². The molecule has 2 aromatic rings. The zero-order chi connectivity index (χ0) is 18.5. The highest BCUT2D eigenvalue weighted by Gasteiger charge is 2.36. The number of rotatable bonds is 5. The van der Waals surface area contributed by atoms with Crippen LogP contribution in [-0.4, -0.2) is 34.2 Å². The number of hydrogen-bond donors (Lipinski definition) is 1. The van der Waals surface area contributed by atoms with Gasteiger partial charge >= 0.3 is 0 Å². The van der Waals surface area contributed by atoms with Crippen LogP contribution in [0.4, 0.5) is 11.4 Å². The van der Waals surface area contributed by atoms with Gasteiger partial charge < -0.3 is 5.32 Å². The van der Waals surface area contributed by atoms with Crippen molar-refractivity contribution in [1.82, 2.24) is 4.90 Å². The van der Waals surface area contributed by atoms with Crippen molar-refractivity contribution in [2.75, 3.05) is 12.4 Å². The lowest BCUT2D eigenvalue weighted by Gasteiger charge is -2.09. The molecular weight excluding hydrogens is 346 g/mol. The molecule has 1 aliphatic rings. The molecule has 1 atom stereocenters. The van der Waals surface area contributed by atoms with Crippen molar-refractivity contribution < 1.29 is 9.59 Å². The van der Waals surface area contributed by atoms with Gasteiger partial charge in [0.1, 0.15) is 5.25 Å². The quantitative estimate of drug-likeness (QED) is 0.873. The van der Waals surface area contributed by atoms with E-state index in [1.54, 1.807) is 7.05 Å². The van der Waals surface area contributed by atoms with Crippen LogP contribution in [-0.2, 0) is 16.0 Å². The summed E-state index contributed by atoms with van der Waals surface area (Å²) in [5, 5.41) is 2.99. The summed E-state index contributed by atoms with van der Waals surface area (Å²) in [6.07, 6.45) is 1.10. The molecule has 0 radical (unpaired) electrons. The first-order valence-electron chi connectivity index (χ1n) is 8.53. The van der Waals surface area contributed by atoms with Gasteiger partial charge in [-0.3, -0.25) is 14.5 Å². The summed E-state index contributed by atoms with van der Waals surface area (Å²) in [4.78, 5) is 30.7. The van der Waals surface area contributed by atoms with E-state index in [1.165, 1.54) is 22.2 Å². The van der Waals surface area contributed by atoms with Gasteiger partial charge in [-0.1, -0.05) is 49.0 Å². The predicted octanol–water partition coefficient (Wildman–Crippen LogP) is 3.84.